The third-order valence-electron chi connectivity index (χ3n) is 12.8. The fraction of sp³-hybridized carbons (Fsp3) is 0. The smallest absolute Gasteiger partial charge is 0.167 e. The minimum Gasteiger partial charge on any atom is -0.455 e. The molecule has 0 spiro atoms. The Morgan fingerprint density at radius 3 is 1.68 bits per heavy atom. The van der Waals surface area contributed by atoms with E-state index >= 15 is 0 Å². The summed E-state index contributed by atoms with van der Waals surface area (Å²) in [4.78, 5) is 16.1. The number of hydrogen-bond acceptors (Lipinski definition) is 5. The minimum absolute atomic E-state index is 0.516. The fourth-order valence-corrected chi connectivity index (χ4v) is 9.89. The van der Waals surface area contributed by atoms with Crippen LogP contribution >= 0.6 is 0 Å². The molecule has 0 unspecified atom stereocenters. The summed E-state index contributed by atoms with van der Waals surface area (Å²) in [6.45, 7) is 0. The zero-order valence-corrected chi connectivity index (χ0v) is 33.6. The van der Waals surface area contributed by atoms with E-state index in [2.05, 4.69) is 162 Å². The molecule has 14 aromatic rings. The average molecular weight is 805 g/mol. The number of nitrogens with zero attached hydrogens (tertiary/aromatic N) is 4. The van der Waals surface area contributed by atoms with Crippen LogP contribution in [0, 0.1) is 0 Å². The van der Waals surface area contributed by atoms with Gasteiger partial charge >= 0.3 is 0 Å². The molecule has 4 heterocycles. The van der Waals surface area contributed by atoms with Crippen LogP contribution in [0.15, 0.2) is 203 Å². The van der Waals surface area contributed by atoms with Gasteiger partial charge in [-0.2, -0.15) is 0 Å². The number of furan rings is 2. The van der Waals surface area contributed by atoms with Crippen molar-refractivity contribution in [1.82, 2.24) is 19.5 Å². The van der Waals surface area contributed by atoms with E-state index < -0.39 is 0 Å². The third kappa shape index (κ3) is 5.03. The van der Waals surface area contributed by atoms with Crippen LogP contribution < -0.4 is 0 Å². The normalized spacial score (nSPS) is 12.1. The number of rotatable bonds is 4. The van der Waals surface area contributed by atoms with Crippen molar-refractivity contribution in [2.24, 2.45) is 0 Å². The quantitative estimate of drug-likeness (QED) is 0.177. The first-order chi connectivity index (χ1) is 31.2. The first kappa shape index (κ1) is 34.1. The van der Waals surface area contributed by atoms with Gasteiger partial charge in [-0.1, -0.05) is 140 Å². The van der Waals surface area contributed by atoms with Gasteiger partial charge in [-0.15, -0.1) is 0 Å². The van der Waals surface area contributed by atoms with Gasteiger partial charge in [-0.05, 0) is 86.9 Å². The van der Waals surface area contributed by atoms with E-state index in [0.717, 1.165) is 98.8 Å². The van der Waals surface area contributed by atoms with Gasteiger partial charge in [0.2, 0.25) is 0 Å². The highest BCUT2D eigenvalue weighted by atomic mass is 16.3. The molecule has 6 nitrogen and oxygen atoms in total. The molecule has 10 aromatic carbocycles. The number of para-hydroxylation sites is 3. The van der Waals surface area contributed by atoms with E-state index in [1.165, 1.54) is 21.5 Å². The zero-order chi connectivity index (χ0) is 41.2. The van der Waals surface area contributed by atoms with Crippen molar-refractivity contribution < 1.29 is 8.83 Å². The summed E-state index contributed by atoms with van der Waals surface area (Å²) in [5.41, 5.74) is 8.57. The maximum absolute atomic E-state index is 7.00. The molecule has 63 heavy (non-hydrogen) atoms. The Balaban J connectivity index is 1.14. The van der Waals surface area contributed by atoms with Gasteiger partial charge in [0.1, 0.15) is 22.4 Å². The average Bonchev–Trinajstić information content (AvgIpc) is 4.02. The van der Waals surface area contributed by atoms with Gasteiger partial charge < -0.3 is 13.4 Å². The highest BCUT2D eigenvalue weighted by molar-refractivity contribution is 6.24. The lowest BCUT2D eigenvalue weighted by Gasteiger charge is -2.16. The Morgan fingerprint density at radius 1 is 0.333 bits per heavy atom. The van der Waals surface area contributed by atoms with Gasteiger partial charge in [0, 0.05) is 43.4 Å². The molecule has 0 N–H and O–H groups in total. The Morgan fingerprint density at radius 2 is 0.905 bits per heavy atom. The predicted octanol–water partition coefficient (Wildman–Crippen LogP) is 15.2. The first-order valence-electron chi connectivity index (χ1n) is 21.2. The monoisotopic (exact) mass is 804 g/mol. The summed E-state index contributed by atoms with van der Waals surface area (Å²) in [7, 11) is 0. The van der Waals surface area contributed by atoms with Crippen LogP contribution in [-0.4, -0.2) is 19.5 Å². The lowest BCUT2D eigenvalue weighted by atomic mass is 10.0. The Bertz CT molecular complexity index is 4230. The molecule has 0 saturated heterocycles. The summed E-state index contributed by atoms with van der Waals surface area (Å²) >= 11 is 0. The van der Waals surface area contributed by atoms with Crippen molar-refractivity contribution in [3.8, 4) is 39.9 Å². The second kappa shape index (κ2) is 12.9. The molecule has 0 aliphatic rings. The van der Waals surface area contributed by atoms with Crippen molar-refractivity contribution in [3.63, 3.8) is 0 Å². The Kier molecular flexibility index (Phi) is 7.02. The highest BCUT2D eigenvalue weighted by Gasteiger charge is 2.26. The molecule has 0 atom stereocenters. The van der Waals surface area contributed by atoms with Crippen LogP contribution in [0.3, 0.4) is 0 Å². The largest absolute Gasteiger partial charge is 0.455 e. The molecule has 292 valence electrons. The topological polar surface area (TPSA) is 69.9 Å². The van der Waals surface area contributed by atoms with E-state index in [1.54, 1.807) is 0 Å². The second-order valence-corrected chi connectivity index (χ2v) is 16.3. The van der Waals surface area contributed by atoms with Gasteiger partial charge in [0.15, 0.2) is 23.1 Å². The molecule has 0 amide bonds. The summed E-state index contributed by atoms with van der Waals surface area (Å²) < 4.78 is 16.0. The highest BCUT2D eigenvalue weighted by Crippen LogP contribution is 2.45. The lowest BCUT2D eigenvalue weighted by Crippen LogP contribution is -2.04. The number of hydrogen-bond donors (Lipinski definition) is 0. The molecule has 6 heteroatoms. The van der Waals surface area contributed by atoms with Crippen LogP contribution in [0.25, 0.3) is 138 Å². The van der Waals surface area contributed by atoms with Gasteiger partial charge in [0.25, 0.3) is 0 Å². The van der Waals surface area contributed by atoms with E-state index in [0.29, 0.717) is 17.5 Å². The number of fused-ring (bicyclic) bond motifs is 13. The van der Waals surface area contributed by atoms with E-state index in [1.807, 2.05) is 36.4 Å². The lowest BCUT2D eigenvalue weighted by molar-refractivity contribution is 0.666. The summed E-state index contributed by atoms with van der Waals surface area (Å²) in [6.07, 6.45) is 0. The first-order valence-corrected chi connectivity index (χ1v) is 21.2. The van der Waals surface area contributed by atoms with Crippen molar-refractivity contribution in [2.75, 3.05) is 0 Å². The molecular formula is C57H32N4O2. The molecular weight excluding hydrogens is 773 g/mol. The van der Waals surface area contributed by atoms with Crippen molar-refractivity contribution in [2.45, 2.75) is 0 Å². The van der Waals surface area contributed by atoms with Gasteiger partial charge in [0.05, 0.1) is 16.6 Å². The van der Waals surface area contributed by atoms with E-state index in [4.69, 9.17) is 23.8 Å². The van der Waals surface area contributed by atoms with E-state index in [-0.39, 0.29) is 0 Å². The Hall–Kier alpha value is -8.61. The zero-order valence-electron chi connectivity index (χ0n) is 33.6. The second-order valence-electron chi connectivity index (χ2n) is 16.3. The van der Waals surface area contributed by atoms with Crippen LogP contribution in [0.5, 0.6) is 0 Å². The molecule has 0 aliphatic carbocycles. The number of benzene rings is 10. The van der Waals surface area contributed by atoms with Crippen molar-refractivity contribution in [3.05, 3.63) is 194 Å². The van der Waals surface area contributed by atoms with Gasteiger partial charge in [-0.25, -0.2) is 15.0 Å². The molecule has 0 bridgehead atoms. The standard InChI is InChI=1S/C57H32N4O2/c1-2-14-35-30-38(25-24-33(35)12-1)55-58-56(60-57(59-55)45-21-11-20-42-40-18-7-9-22-49(40)62-53(42)45)44-28-27-43-41-19-8-10-23-50(41)63-54(43)52(44)61-47-29-26-34-13-5-6-17-39(34)51(47)46-31-36-15-3-4-16-37(36)32-48(46)61/h1-32H. The maximum Gasteiger partial charge on any atom is 0.167 e. The summed E-state index contributed by atoms with van der Waals surface area (Å²) in [5, 5.41) is 13.4. The van der Waals surface area contributed by atoms with Crippen LogP contribution in [0.2, 0.25) is 0 Å². The van der Waals surface area contributed by atoms with Crippen LogP contribution in [0.1, 0.15) is 0 Å². The summed E-state index contributed by atoms with van der Waals surface area (Å²) in [6, 6.07) is 68.0. The van der Waals surface area contributed by atoms with Crippen LogP contribution in [-0.2, 0) is 0 Å². The molecule has 4 aromatic heterocycles. The number of aromatic nitrogens is 4. The van der Waals surface area contributed by atoms with Crippen molar-refractivity contribution in [1.29, 1.82) is 0 Å². The Labute approximate surface area is 358 Å². The molecule has 0 aliphatic heterocycles. The molecule has 0 saturated carbocycles. The fourth-order valence-electron chi connectivity index (χ4n) is 9.89. The van der Waals surface area contributed by atoms with E-state index in [9.17, 15) is 0 Å². The van der Waals surface area contributed by atoms with Crippen LogP contribution in [0.4, 0.5) is 0 Å². The predicted molar refractivity (Wildman–Crippen MR) is 258 cm³/mol. The molecule has 0 fully saturated rings. The third-order valence-corrected chi connectivity index (χ3v) is 12.8. The SMILES string of the molecule is c1ccc2cc(-c3nc(-c4ccc5c(oc6ccccc65)c4-n4c5cc6ccccc6cc5c5c6ccccc6ccc54)nc(-c4cccc5c4oc4ccccc45)n3)ccc2c1. The maximum atomic E-state index is 7.00. The molecule has 14 rings (SSSR count). The minimum atomic E-state index is 0.516. The molecule has 0 radical (unpaired) electrons. The summed E-state index contributed by atoms with van der Waals surface area (Å²) in [5.74, 6) is 1.59. The van der Waals surface area contributed by atoms with Crippen molar-refractivity contribution >= 4 is 98.0 Å². The van der Waals surface area contributed by atoms with Gasteiger partial charge in [-0.3, -0.25) is 0 Å².